The minimum atomic E-state index is -0.0782. The number of carbonyl (C=O) groups excluding carboxylic acids is 1. The summed E-state index contributed by atoms with van der Waals surface area (Å²) in [5.41, 5.74) is 2.21. The van der Waals surface area contributed by atoms with Gasteiger partial charge in [0.05, 0.1) is 12.1 Å². The van der Waals surface area contributed by atoms with Gasteiger partial charge in [0.1, 0.15) is 0 Å². The standard InChI is InChI=1S/C17H24N2O2/c1-12-5-7-14(8-6-12)19-10-9-15(17(19)20)18-13(2)16-4-3-11-21-16/h5-8,13,15-16,18H,3-4,9-11H2,1-2H3/t13-,15-,16-/m0/s1. The predicted molar refractivity (Wildman–Crippen MR) is 83.5 cm³/mol. The van der Waals surface area contributed by atoms with Crippen LogP contribution in [0.4, 0.5) is 5.69 Å². The van der Waals surface area contributed by atoms with Crippen molar-refractivity contribution in [3.8, 4) is 0 Å². The lowest BCUT2D eigenvalue weighted by molar-refractivity contribution is -0.119. The fourth-order valence-electron chi connectivity index (χ4n) is 3.24. The first kappa shape index (κ1) is 14.5. The van der Waals surface area contributed by atoms with E-state index in [0.717, 1.165) is 38.1 Å². The van der Waals surface area contributed by atoms with Crippen LogP contribution in [0.1, 0.15) is 31.7 Å². The smallest absolute Gasteiger partial charge is 0.244 e. The second-order valence-corrected chi connectivity index (χ2v) is 6.17. The molecule has 0 radical (unpaired) electrons. The summed E-state index contributed by atoms with van der Waals surface area (Å²) in [4.78, 5) is 14.5. The first-order chi connectivity index (χ1) is 10.1. The summed E-state index contributed by atoms with van der Waals surface area (Å²) >= 11 is 0. The first-order valence-corrected chi connectivity index (χ1v) is 7.91. The first-order valence-electron chi connectivity index (χ1n) is 7.91. The van der Waals surface area contributed by atoms with Gasteiger partial charge in [0.25, 0.3) is 0 Å². The molecule has 2 aliphatic heterocycles. The number of rotatable bonds is 4. The van der Waals surface area contributed by atoms with Gasteiger partial charge in [-0.15, -0.1) is 0 Å². The summed E-state index contributed by atoms with van der Waals surface area (Å²) in [5, 5.41) is 3.47. The van der Waals surface area contributed by atoms with Crippen LogP contribution in [-0.2, 0) is 9.53 Å². The Morgan fingerprint density at radius 2 is 2.05 bits per heavy atom. The van der Waals surface area contributed by atoms with Crippen LogP contribution in [-0.4, -0.2) is 37.2 Å². The number of benzene rings is 1. The molecule has 3 atom stereocenters. The van der Waals surface area contributed by atoms with Crippen molar-refractivity contribution >= 4 is 11.6 Å². The van der Waals surface area contributed by atoms with Crippen molar-refractivity contribution < 1.29 is 9.53 Å². The maximum Gasteiger partial charge on any atom is 0.244 e. The van der Waals surface area contributed by atoms with Gasteiger partial charge in [-0.25, -0.2) is 0 Å². The molecule has 114 valence electrons. The van der Waals surface area contributed by atoms with Crippen molar-refractivity contribution in [2.75, 3.05) is 18.1 Å². The van der Waals surface area contributed by atoms with E-state index in [1.54, 1.807) is 0 Å². The number of ether oxygens (including phenoxy) is 1. The number of hydrogen-bond donors (Lipinski definition) is 1. The van der Waals surface area contributed by atoms with E-state index in [-0.39, 0.29) is 24.1 Å². The molecule has 0 spiro atoms. The van der Waals surface area contributed by atoms with Gasteiger partial charge in [-0.2, -0.15) is 0 Å². The number of amides is 1. The molecule has 1 aromatic rings. The minimum absolute atomic E-state index is 0.0782. The fraction of sp³-hybridized carbons (Fsp3) is 0.588. The summed E-state index contributed by atoms with van der Waals surface area (Å²) in [6.07, 6.45) is 3.34. The molecule has 1 aromatic carbocycles. The van der Waals surface area contributed by atoms with E-state index < -0.39 is 0 Å². The lowest BCUT2D eigenvalue weighted by Gasteiger charge is -2.24. The fourth-order valence-corrected chi connectivity index (χ4v) is 3.24. The molecule has 3 rings (SSSR count). The molecule has 2 saturated heterocycles. The number of nitrogens with zero attached hydrogens (tertiary/aromatic N) is 1. The topological polar surface area (TPSA) is 41.6 Å². The van der Waals surface area contributed by atoms with E-state index in [1.165, 1.54) is 5.56 Å². The van der Waals surface area contributed by atoms with Crippen molar-refractivity contribution in [2.45, 2.75) is 51.3 Å². The molecule has 2 heterocycles. The van der Waals surface area contributed by atoms with Gasteiger partial charge in [0.2, 0.25) is 5.91 Å². The highest BCUT2D eigenvalue weighted by molar-refractivity contribution is 5.99. The van der Waals surface area contributed by atoms with Crippen molar-refractivity contribution in [1.29, 1.82) is 0 Å². The third-order valence-corrected chi connectivity index (χ3v) is 4.54. The van der Waals surface area contributed by atoms with E-state index in [4.69, 9.17) is 4.74 Å². The lowest BCUT2D eigenvalue weighted by Crippen LogP contribution is -2.47. The van der Waals surface area contributed by atoms with Crippen LogP contribution < -0.4 is 10.2 Å². The van der Waals surface area contributed by atoms with Crippen molar-refractivity contribution in [3.05, 3.63) is 29.8 Å². The average molecular weight is 288 g/mol. The van der Waals surface area contributed by atoms with Crippen LogP contribution >= 0.6 is 0 Å². The highest BCUT2D eigenvalue weighted by atomic mass is 16.5. The Morgan fingerprint density at radius 1 is 1.29 bits per heavy atom. The van der Waals surface area contributed by atoms with E-state index in [2.05, 4.69) is 31.3 Å². The Bertz CT molecular complexity index is 494. The number of aryl methyl sites for hydroxylation is 1. The maximum absolute atomic E-state index is 12.6. The zero-order valence-electron chi connectivity index (χ0n) is 12.8. The Labute approximate surface area is 126 Å². The largest absolute Gasteiger partial charge is 0.377 e. The second kappa shape index (κ2) is 6.16. The van der Waals surface area contributed by atoms with Gasteiger partial charge >= 0.3 is 0 Å². The van der Waals surface area contributed by atoms with Crippen LogP contribution in [0, 0.1) is 6.92 Å². The Kier molecular flexibility index (Phi) is 4.27. The normalized spacial score (nSPS) is 27.3. The van der Waals surface area contributed by atoms with Crippen molar-refractivity contribution in [1.82, 2.24) is 5.32 Å². The van der Waals surface area contributed by atoms with Gasteiger partial charge in [0, 0.05) is 24.9 Å². The average Bonchev–Trinajstić information content (AvgIpc) is 3.11. The molecule has 0 aromatic heterocycles. The van der Waals surface area contributed by atoms with Crippen LogP contribution in [0.5, 0.6) is 0 Å². The number of nitrogens with one attached hydrogen (secondary N) is 1. The van der Waals surface area contributed by atoms with Gasteiger partial charge in [-0.3, -0.25) is 4.79 Å². The van der Waals surface area contributed by atoms with Crippen molar-refractivity contribution in [2.24, 2.45) is 0 Å². The SMILES string of the molecule is Cc1ccc(N2CC[C@H](N[C@@H](C)[C@@H]3CCCO3)C2=O)cc1. The molecule has 0 saturated carbocycles. The van der Waals surface area contributed by atoms with Crippen LogP contribution in [0.2, 0.25) is 0 Å². The molecular weight excluding hydrogens is 264 g/mol. The Balaban J connectivity index is 1.61. The molecule has 4 nitrogen and oxygen atoms in total. The summed E-state index contributed by atoms with van der Waals surface area (Å²) < 4.78 is 5.70. The molecule has 2 aliphatic rings. The van der Waals surface area contributed by atoms with Gasteiger partial charge in [-0.1, -0.05) is 17.7 Å². The van der Waals surface area contributed by atoms with Crippen LogP contribution in [0.3, 0.4) is 0 Å². The molecule has 0 aliphatic carbocycles. The number of anilines is 1. The molecule has 0 unspecified atom stereocenters. The van der Waals surface area contributed by atoms with Crippen LogP contribution in [0.25, 0.3) is 0 Å². The molecule has 21 heavy (non-hydrogen) atoms. The third-order valence-electron chi connectivity index (χ3n) is 4.54. The number of carbonyl (C=O) groups is 1. The summed E-state index contributed by atoms with van der Waals surface area (Å²) in [7, 11) is 0. The minimum Gasteiger partial charge on any atom is -0.377 e. The lowest BCUT2D eigenvalue weighted by atomic mass is 10.1. The maximum atomic E-state index is 12.6. The Morgan fingerprint density at radius 3 is 2.71 bits per heavy atom. The zero-order chi connectivity index (χ0) is 14.8. The molecule has 1 amide bonds. The Hall–Kier alpha value is -1.39. The third kappa shape index (κ3) is 3.11. The molecule has 2 fully saturated rings. The van der Waals surface area contributed by atoms with E-state index in [9.17, 15) is 4.79 Å². The summed E-state index contributed by atoms with van der Waals surface area (Å²) in [6, 6.07) is 8.32. The van der Waals surface area contributed by atoms with Gasteiger partial charge in [0.15, 0.2) is 0 Å². The second-order valence-electron chi connectivity index (χ2n) is 6.17. The molecule has 1 N–H and O–H groups in total. The molecule has 4 heteroatoms. The van der Waals surface area contributed by atoms with E-state index in [0.29, 0.717) is 0 Å². The van der Waals surface area contributed by atoms with E-state index >= 15 is 0 Å². The van der Waals surface area contributed by atoms with Gasteiger partial charge < -0.3 is 15.0 Å². The molecule has 0 bridgehead atoms. The number of hydrogen-bond acceptors (Lipinski definition) is 3. The van der Waals surface area contributed by atoms with Crippen LogP contribution in [0.15, 0.2) is 24.3 Å². The summed E-state index contributed by atoms with van der Waals surface area (Å²) in [6.45, 7) is 5.82. The van der Waals surface area contributed by atoms with E-state index in [1.807, 2.05) is 17.0 Å². The zero-order valence-corrected chi connectivity index (χ0v) is 12.8. The van der Waals surface area contributed by atoms with Gasteiger partial charge in [-0.05, 0) is 45.2 Å². The molecular formula is C17H24N2O2. The monoisotopic (exact) mass is 288 g/mol. The predicted octanol–water partition coefficient (Wildman–Crippen LogP) is 2.26. The quantitative estimate of drug-likeness (QED) is 0.924. The highest BCUT2D eigenvalue weighted by Crippen LogP contribution is 2.23. The van der Waals surface area contributed by atoms with Crippen molar-refractivity contribution in [3.63, 3.8) is 0 Å². The summed E-state index contributed by atoms with van der Waals surface area (Å²) in [5.74, 6) is 0.184. The highest BCUT2D eigenvalue weighted by Gasteiger charge is 2.35.